The highest BCUT2D eigenvalue weighted by molar-refractivity contribution is 5.84. The fourth-order valence-corrected chi connectivity index (χ4v) is 1.28. The van der Waals surface area contributed by atoms with Gasteiger partial charge in [-0.15, -0.1) is 0 Å². The molecule has 3 heteroatoms. The normalized spacial score (nSPS) is 23.8. The first-order valence-corrected chi connectivity index (χ1v) is 3.12. The van der Waals surface area contributed by atoms with E-state index in [1.807, 2.05) is 0 Å². The van der Waals surface area contributed by atoms with Crippen molar-refractivity contribution in [2.75, 3.05) is 6.54 Å². The highest BCUT2D eigenvalue weighted by Gasteiger charge is 2.23. The SMILES string of the molecule is O=C1CC2=C(CCN2)N1. The van der Waals surface area contributed by atoms with E-state index < -0.39 is 0 Å². The summed E-state index contributed by atoms with van der Waals surface area (Å²) in [6, 6.07) is 0. The summed E-state index contributed by atoms with van der Waals surface area (Å²) in [5, 5.41) is 5.94. The number of amides is 1. The molecule has 0 spiro atoms. The molecule has 2 aliphatic rings. The molecule has 0 unspecified atom stereocenters. The Hall–Kier alpha value is -0.990. The third-order valence-corrected chi connectivity index (χ3v) is 1.71. The largest absolute Gasteiger partial charge is 0.386 e. The van der Waals surface area contributed by atoms with Gasteiger partial charge in [-0.05, 0) is 0 Å². The number of carbonyl (C=O) groups excluding carboxylic acids is 1. The van der Waals surface area contributed by atoms with Crippen molar-refractivity contribution in [2.24, 2.45) is 0 Å². The molecule has 2 heterocycles. The molecule has 1 amide bonds. The van der Waals surface area contributed by atoms with Crippen LogP contribution in [-0.4, -0.2) is 12.5 Å². The van der Waals surface area contributed by atoms with Crippen molar-refractivity contribution in [1.82, 2.24) is 10.6 Å². The summed E-state index contributed by atoms with van der Waals surface area (Å²) in [5.41, 5.74) is 2.22. The van der Waals surface area contributed by atoms with Crippen LogP contribution >= 0.6 is 0 Å². The topological polar surface area (TPSA) is 41.1 Å². The molecule has 0 radical (unpaired) electrons. The van der Waals surface area contributed by atoms with Crippen molar-refractivity contribution in [1.29, 1.82) is 0 Å². The Labute approximate surface area is 53.1 Å². The van der Waals surface area contributed by atoms with Crippen molar-refractivity contribution in [3.05, 3.63) is 11.4 Å². The van der Waals surface area contributed by atoms with E-state index in [-0.39, 0.29) is 5.91 Å². The van der Waals surface area contributed by atoms with Gasteiger partial charge in [-0.1, -0.05) is 0 Å². The fourth-order valence-electron chi connectivity index (χ4n) is 1.28. The van der Waals surface area contributed by atoms with Crippen LogP contribution in [0.2, 0.25) is 0 Å². The van der Waals surface area contributed by atoms with Crippen molar-refractivity contribution in [3.8, 4) is 0 Å². The Morgan fingerprint density at radius 1 is 1.33 bits per heavy atom. The van der Waals surface area contributed by atoms with Gasteiger partial charge in [-0.25, -0.2) is 0 Å². The Morgan fingerprint density at radius 3 is 3.00 bits per heavy atom. The molecule has 0 aliphatic carbocycles. The second kappa shape index (κ2) is 1.50. The van der Waals surface area contributed by atoms with E-state index in [0.717, 1.165) is 24.4 Å². The van der Waals surface area contributed by atoms with Crippen molar-refractivity contribution >= 4 is 5.91 Å². The average Bonchev–Trinajstić information content (AvgIpc) is 2.22. The first-order chi connectivity index (χ1) is 4.36. The molecule has 9 heavy (non-hydrogen) atoms. The molecule has 0 aromatic rings. The maximum absolute atomic E-state index is 10.7. The van der Waals surface area contributed by atoms with E-state index in [2.05, 4.69) is 10.6 Å². The van der Waals surface area contributed by atoms with E-state index in [1.165, 1.54) is 0 Å². The summed E-state index contributed by atoms with van der Waals surface area (Å²) in [4.78, 5) is 10.7. The number of nitrogens with one attached hydrogen (secondary N) is 2. The van der Waals surface area contributed by atoms with Gasteiger partial charge in [0.05, 0.1) is 6.42 Å². The summed E-state index contributed by atoms with van der Waals surface area (Å²) < 4.78 is 0. The average molecular weight is 124 g/mol. The highest BCUT2D eigenvalue weighted by atomic mass is 16.1. The minimum Gasteiger partial charge on any atom is -0.386 e. The van der Waals surface area contributed by atoms with Crippen molar-refractivity contribution in [3.63, 3.8) is 0 Å². The fraction of sp³-hybridized carbons (Fsp3) is 0.500. The lowest BCUT2D eigenvalue weighted by atomic mass is 10.3. The first-order valence-electron chi connectivity index (χ1n) is 3.12. The summed E-state index contributed by atoms with van der Waals surface area (Å²) in [7, 11) is 0. The lowest BCUT2D eigenvalue weighted by Gasteiger charge is -1.96. The second-order valence-corrected chi connectivity index (χ2v) is 2.36. The Balaban J connectivity index is 2.23. The number of carbonyl (C=O) groups is 1. The zero-order valence-corrected chi connectivity index (χ0v) is 5.03. The molecule has 0 bridgehead atoms. The summed E-state index contributed by atoms with van der Waals surface area (Å²) in [5.74, 6) is 0.132. The van der Waals surface area contributed by atoms with Crippen LogP contribution < -0.4 is 10.6 Å². The number of hydrogen-bond acceptors (Lipinski definition) is 2. The molecular formula is C6H8N2O. The molecular weight excluding hydrogens is 116 g/mol. The van der Waals surface area contributed by atoms with Gasteiger partial charge < -0.3 is 10.6 Å². The van der Waals surface area contributed by atoms with Gasteiger partial charge in [0, 0.05) is 24.4 Å². The summed E-state index contributed by atoms with van der Waals surface area (Å²) in [6.07, 6.45) is 1.55. The lowest BCUT2D eigenvalue weighted by Crippen LogP contribution is -2.17. The number of hydrogen-bond donors (Lipinski definition) is 2. The first kappa shape index (κ1) is 4.85. The highest BCUT2D eigenvalue weighted by Crippen LogP contribution is 2.18. The van der Waals surface area contributed by atoms with Crippen LogP contribution in [0.1, 0.15) is 12.8 Å². The van der Waals surface area contributed by atoms with E-state index >= 15 is 0 Å². The van der Waals surface area contributed by atoms with E-state index in [1.54, 1.807) is 0 Å². The van der Waals surface area contributed by atoms with Crippen molar-refractivity contribution in [2.45, 2.75) is 12.8 Å². The molecule has 0 saturated heterocycles. The number of rotatable bonds is 0. The van der Waals surface area contributed by atoms with E-state index in [4.69, 9.17) is 0 Å². The standard InChI is InChI=1S/C6H8N2O/c9-6-3-5-4(8-6)1-2-7-5/h7H,1-3H2,(H,8,9). The van der Waals surface area contributed by atoms with Gasteiger partial charge in [0.15, 0.2) is 0 Å². The van der Waals surface area contributed by atoms with Crippen LogP contribution in [-0.2, 0) is 4.79 Å². The third kappa shape index (κ3) is 0.608. The minimum atomic E-state index is 0.132. The van der Waals surface area contributed by atoms with Crippen LogP contribution in [0.3, 0.4) is 0 Å². The van der Waals surface area contributed by atoms with Crippen molar-refractivity contribution < 1.29 is 4.79 Å². The Morgan fingerprint density at radius 2 is 2.22 bits per heavy atom. The lowest BCUT2D eigenvalue weighted by molar-refractivity contribution is -0.119. The van der Waals surface area contributed by atoms with E-state index in [0.29, 0.717) is 6.42 Å². The van der Waals surface area contributed by atoms with Crippen LogP contribution in [0.25, 0.3) is 0 Å². The molecule has 2 N–H and O–H groups in total. The predicted molar refractivity (Wildman–Crippen MR) is 32.4 cm³/mol. The molecule has 48 valence electrons. The summed E-state index contributed by atoms with van der Waals surface area (Å²) >= 11 is 0. The van der Waals surface area contributed by atoms with Crippen LogP contribution in [0.5, 0.6) is 0 Å². The molecule has 0 atom stereocenters. The maximum atomic E-state index is 10.7. The molecule has 2 aliphatic heterocycles. The monoisotopic (exact) mass is 124 g/mol. The zero-order valence-electron chi connectivity index (χ0n) is 5.03. The van der Waals surface area contributed by atoms with Crippen LogP contribution in [0.15, 0.2) is 11.4 Å². The van der Waals surface area contributed by atoms with Gasteiger partial charge in [-0.2, -0.15) is 0 Å². The van der Waals surface area contributed by atoms with Gasteiger partial charge in [-0.3, -0.25) is 4.79 Å². The molecule has 3 nitrogen and oxygen atoms in total. The smallest absolute Gasteiger partial charge is 0.230 e. The van der Waals surface area contributed by atoms with Crippen LogP contribution in [0.4, 0.5) is 0 Å². The van der Waals surface area contributed by atoms with E-state index in [9.17, 15) is 4.79 Å². The molecule has 0 aromatic heterocycles. The predicted octanol–water partition coefficient (Wildman–Crippen LogP) is -0.289. The Kier molecular flexibility index (Phi) is 0.806. The maximum Gasteiger partial charge on any atom is 0.230 e. The van der Waals surface area contributed by atoms with Gasteiger partial charge in [0.2, 0.25) is 5.91 Å². The van der Waals surface area contributed by atoms with Gasteiger partial charge in [0.25, 0.3) is 0 Å². The minimum absolute atomic E-state index is 0.132. The summed E-state index contributed by atoms with van der Waals surface area (Å²) in [6.45, 7) is 0.991. The zero-order chi connectivity index (χ0) is 6.27. The molecule has 0 saturated carbocycles. The second-order valence-electron chi connectivity index (χ2n) is 2.36. The molecule has 0 aromatic carbocycles. The van der Waals surface area contributed by atoms with Crippen LogP contribution in [0, 0.1) is 0 Å². The van der Waals surface area contributed by atoms with Gasteiger partial charge >= 0.3 is 0 Å². The molecule has 0 fully saturated rings. The molecule has 2 rings (SSSR count). The third-order valence-electron chi connectivity index (χ3n) is 1.71. The Bertz CT molecular complexity index is 177. The van der Waals surface area contributed by atoms with Gasteiger partial charge in [0.1, 0.15) is 0 Å². The quantitative estimate of drug-likeness (QED) is 0.466.